The van der Waals surface area contributed by atoms with Crippen LogP contribution >= 0.6 is 0 Å². The van der Waals surface area contributed by atoms with Crippen LogP contribution in [0, 0.1) is 11.3 Å². The standard InChI is InChI=1S/C16H19N5O3.2C2H6/c17-8-12-3-4-14(18-9-12)20-7-6-19(11-20)10-15(22)21-5-1-2-13(21)16(23)24;2*1-2/h3-4,9,13H,1-2,5-7,10-11H2,(H,23,24);2*1-2H3. The summed E-state index contributed by atoms with van der Waals surface area (Å²) >= 11 is 0. The zero-order chi connectivity index (χ0) is 21.1. The Labute approximate surface area is 167 Å². The number of pyridine rings is 1. The molecule has 2 aliphatic heterocycles. The summed E-state index contributed by atoms with van der Waals surface area (Å²) in [6.07, 6.45) is 2.80. The third-order valence-corrected chi connectivity index (χ3v) is 4.47. The lowest BCUT2D eigenvalue weighted by Gasteiger charge is -2.24. The van der Waals surface area contributed by atoms with Gasteiger partial charge in [0.2, 0.25) is 5.91 Å². The fraction of sp³-hybridized carbons (Fsp3) is 0.600. The lowest BCUT2D eigenvalue weighted by molar-refractivity contribution is -0.148. The van der Waals surface area contributed by atoms with Crippen molar-refractivity contribution in [3.8, 4) is 6.07 Å². The van der Waals surface area contributed by atoms with E-state index in [1.165, 1.54) is 11.1 Å². The maximum Gasteiger partial charge on any atom is 0.326 e. The predicted octanol–water partition coefficient (Wildman–Crippen LogP) is 2.16. The molecule has 2 aliphatic rings. The largest absolute Gasteiger partial charge is 0.480 e. The Kier molecular flexibility index (Phi) is 9.96. The van der Waals surface area contributed by atoms with Gasteiger partial charge in [-0.1, -0.05) is 27.7 Å². The van der Waals surface area contributed by atoms with E-state index in [9.17, 15) is 14.7 Å². The third kappa shape index (κ3) is 5.92. The van der Waals surface area contributed by atoms with E-state index in [1.807, 2.05) is 43.6 Å². The Balaban J connectivity index is 0.000000921. The van der Waals surface area contributed by atoms with Gasteiger partial charge in [0.15, 0.2) is 0 Å². The molecule has 3 heterocycles. The van der Waals surface area contributed by atoms with Crippen molar-refractivity contribution in [2.75, 3.05) is 37.7 Å². The van der Waals surface area contributed by atoms with Crippen LogP contribution in [0.5, 0.6) is 0 Å². The molecule has 0 bridgehead atoms. The van der Waals surface area contributed by atoms with Gasteiger partial charge in [-0.3, -0.25) is 9.69 Å². The van der Waals surface area contributed by atoms with Gasteiger partial charge < -0.3 is 14.9 Å². The number of nitrogens with zero attached hydrogens (tertiary/aromatic N) is 5. The van der Waals surface area contributed by atoms with E-state index >= 15 is 0 Å². The van der Waals surface area contributed by atoms with Crippen LogP contribution in [-0.4, -0.2) is 70.7 Å². The van der Waals surface area contributed by atoms with E-state index in [0.29, 0.717) is 25.2 Å². The molecular formula is C20H31N5O3. The topological polar surface area (TPSA) is 101 Å². The molecule has 1 atom stereocenters. The molecule has 8 nitrogen and oxygen atoms in total. The van der Waals surface area contributed by atoms with Gasteiger partial charge in [0.05, 0.1) is 18.8 Å². The second kappa shape index (κ2) is 11.9. The van der Waals surface area contributed by atoms with Crippen LogP contribution in [0.25, 0.3) is 0 Å². The minimum absolute atomic E-state index is 0.130. The van der Waals surface area contributed by atoms with Crippen molar-refractivity contribution >= 4 is 17.7 Å². The average molecular weight is 390 g/mol. The van der Waals surface area contributed by atoms with Crippen molar-refractivity contribution in [3.05, 3.63) is 23.9 Å². The van der Waals surface area contributed by atoms with E-state index in [1.54, 1.807) is 12.1 Å². The van der Waals surface area contributed by atoms with Crippen molar-refractivity contribution < 1.29 is 14.7 Å². The Morgan fingerprint density at radius 1 is 1.21 bits per heavy atom. The monoisotopic (exact) mass is 389 g/mol. The van der Waals surface area contributed by atoms with Gasteiger partial charge in [0.25, 0.3) is 0 Å². The fourth-order valence-electron chi connectivity index (χ4n) is 3.20. The van der Waals surface area contributed by atoms with Crippen molar-refractivity contribution in [2.24, 2.45) is 0 Å². The molecule has 0 radical (unpaired) electrons. The Bertz CT molecular complexity index is 671. The number of aromatic nitrogens is 1. The van der Waals surface area contributed by atoms with E-state index in [-0.39, 0.29) is 12.5 Å². The zero-order valence-corrected chi connectivity index (χ0v) is 17.3. The first-order valence-corrected chi connectivity index (χ1v) is 9.94. The minimum atomic E-state index is -0.925. The highest BCUT2D eigenvalue weighted by Gasteiger charge is 2.35. The second-order valence-electron chi connectivity index (χ2n) is 6.06. The summed E-state index contributed by atoms with van der Waals surface area (Å²) in [5.74, 6) is -0.284. The molecular weight excluding hydrogens is 358 g/mol. The smallest absolute Gasteiger partial charge is 0.326 e. The molecule has 0 aliphatic carbocycles. The highest BCUT2D eigenvalue weighted by Crippen LogP contribution is 2.19. The minimum Gasteiger partial charge on any atom is -0.480 e. The third-order valence-electron chi connectivity index (χ3n) is 4.47. The summed E-state index contributed by atoms with van der Waals surface area (Å²) in [6.45, 7) is 10.8. The fourth-order valence-corrected chi connectivity index (χ4v) is 3.20. The van der Waals surface area contributed by atoms with E-state index < -0.39 is 12.0 Å². The molecule has 2 fully saturated rings. The maximum absolute atomic E-state index is 12.4. The number of anilines is 1. The summed E-state index contributed by atoms with van der Waals surface area (Å²) in [5, 5.41) is 18.0. The molecule has 28 heavy (non-hydrogen) atoms. The first kappa shape index (κ1) is 23.4. The first-order chi connectivity index (χ1) is 13.6. The van der Waals surface area contributed by atoms with Crippen molar-refractivity contribution in [1.29, 1.82) is 5.26 Å². The average Bonchev–Trinajstić information content (AvgIpc) is 3.41. The molecule has 0 saturated carbocycles. The number of carbonyl (C=O) groups excluding carboxylic acids is 1. The van der Waals surface area contributed by atoms with Gasteiger partial charge >= 0.3 is 5.97 Å². The van der Waals surface area contributed by atoms with Gasteiger partial charge in [-0.25, -0.2) is 9.78 Å². The second-order valence-corrected chi connectivity index (χ2v) is 6.06. The highest BCUT2D eigenvalue weighted by molar-refractivity contribution is 5.85. The van der Waals surface area contributed by atoms with Crippen LogP contribution < -0.4 is 4.90 Å². The molecule has 8 heteroatoms. The number of carboxylic acid groups (broad SMARTS) is 1. The molecule has 1 aromatic rings. The first-order valence-electron chi connectivity index (χ1n) is 9.94. The molecule has 1 aromatic heterocycles. The highest BCUT2D eigenvalue weighted by atomic mass is 16.4. The van der Waals surface area contributed by atoms with Crippen LogP contribution in [-0.2, 0) is 9.59 Å². The molecule has 0 spiro atoms. The van der Waals surface area contributed by atoms with Gasteiger partial charge in [-0.05, 0) is 25.0 Å². The normalized spacial score (nSPS) is 18.5. The number of amides is 1. The molecule has 3 rings (SSSR count). The number of hydrogen-bond acceptors (Lipinski definition) is 6. The van der Waals surface area contributed by atoms with E-state index in [0.717, 1.165) is 25.3 Å². The number of nitriles is 1. The quantitative estimate of drug-likeness (QED) is 0.842. The summed E-state index contributed by atoms with van der Waals surface area (Å²) in [7, 11) is 0. The summed E-state index contributed by atoms with van der Waals surface area (Å²) in [4.78, 5) is 33.3. The van der Waals surface area contributed by atoms with Crippen LogP contribution in [0.2, 0.25) is 0 Å². The van der Waals surface area contributed by atoms with Crippen molar-refractivity contribution in [2.45, 2.75) is 46.6 Å². The Morgan fingerprint density at radius 2 is 1.93 bits per heavy atom. The van der Waals surface area contributed by atoms with Gasteiger partial charge in [-0.15, -0.1) is 0 Å². The van der Waals surface area contributed by atoms with Crippen LogP contribution in [0.1, 0.15) is 46.1 Å². The van der Waals surface area contributed by atoms with Crippen LogP contribution in [0.4, 0.5) is 5.82 Å². The number of likely N-dealkylation sites (tertiary alicyclic amines) is 1. The van der Waals surface area contributed by atoms with Crippen molar-refractivity contribution in [1.82, 2.24) is 14.8 Å². The van der Waals surface area contributed by atoms with Gasteiger partial charge in [0.1, 0.15) is 17.9 Å². The number of aliphatic carboxylic acids is 1. The predicted molar refractivity (Wildman–Crippen MR) is 108 cm³/mol. The number of carbonyl (C=O) groups is 2. The molecule has 1 amide bonds. The summed E-state index contributed by atoms with van der Waals surface area (Å²) in [5.41, 5.74) is 0.513. The Morgan fingerprint density at radius 3 is 2.50 bits per heavy atom. The lowest BCUT2D eigenvalue weighted by Crippen LogP contribution is -2.45. The van der Waals surface area contributed by atoms with Crippen LogP contribution in [0.15, 0.2) is 18.3 Å². The zero-order valence-electron chi connectivity index (χ0n) is 17.3. The van der Waals surface area contributed by atoms with Crippen molar-refractivity contribution in [3.63, 3.8) is 0 Å². The summed E-state index contributed by atoms with van der Waals surface area (Å²) < 4.78 is 0. The lowest BCUT2D eigenvalue weighted by atomic mass is 10.2. The molecule has 0 aromatic carbocycles. The van der Waals surface area contributed by atoms with E-state index in [2.05, 4.69) is 4.98 Å². The number of rotatable bonds is 4. The maximum atomic E-state index is 12.4. The molecule has 154 valence electrons. The molecule has 2 saturated heterocycles. The van der Waals surface area contributed by atoms with Crippen LogP contribution in [0.3, 0.4) is 0 Å². The van der Waals surface area contributed by atoms with E-state index in [4.69, 9.17) is 5.26 Å². The molecule has 1 N–H and O–H groups in total. The Hall–Kier alpha value is -2.66. The number of carboxylic acids is 1. The van der Waals surface area contributed by atoms with Gasteiger partial charge in [0, 0.05) is 25.8 Å². The van der Waals surface area contributed by atoms with Gasteiger partial charge in [-0.2, -0.15) is 5.26 Å². The summed E-state index contributed by atoms with van der Waals surface area (Å²) in [6, 6.07) is 4.87. The SMILES string of the molecule is CC.CC.N#Cc1ccc(N2CCN(CC(=O)N3CCCC3C(=O)O)C2)nc1. The number of hydrogen-bond donors (Lipinski definition) is 1. The molecule has 1 unspecified atom stereocenters.